The van der Waals surface area contributed by atoms with Gasteiger partial charge in [-0.1, -0.05) is 26.2 Å². The molecule has 1 atom stereocenters. The lowest BCUT2D eigenvalue weighted by molar-refractivity contribution is -0.148. The number of ether oxygens (including phenoxy) is 1. The van der Waals surface area contributed by atoms with Gasteiger partial charge in [0.1, 0.15) is 11.6 Å². The van der Waals surface area contributed by atoms with Gasteiger partial charge in [0.15, 0.2) is 0 Å². The molecule has 1 N–H and O–H groups in total. The van der Waals surface area contributed by atoms with Gasteiger partial charge in [-0.05, 0) is 32.2 Å². The van der Waals surface area contributed by atoms with Crippen molar-refractivity contribution in [2.75, 3.05) is 20.2 Å². The van der Waals surface area contributed by atoms with Gasteiger partial charge in [-0.15, -0.1) is 6.42 Å². The summed E-state index contributed by atoms with van der Waals surface area (Å²) in [5, 5.41) is 2.94. The van der Waals surface area contributed by atoms with E-state index in [-0.39, 0.29) is 24.5 Å². The Bertz CT molecular complexity index is 410. The molecule has 0 aliphatic carbocycles. The van der Waals surface area contributed by atoms with E-state index >= 15 is 0 Å². The van der Waals surface area contributed by atoms with Crippen molar-refractivity contribution >= 4 is 11.9 Å². The van der Waals surface area contributed by atoms with Gasteiger partial charge in [-0.25, -0.2) is 0 Å². The molecule has 0 bridgehead atoms. The van der Waals surface area contributed by atoms with E-state index in [0.29, 0.717) is 12.8 Å². The molecule has 1 aliphatic heterocycles. The summed E-state index contributed by atoms with van der Waals surface area (Å²) in [5.74, 6) is 2.29. The highest BCUT2D eigenvalue weighted by molar-refractivity contribution is 5.81. The summed E-state index contributed by atoms with van der Waals surface area (Å²) in [5.41, 5.74) is -0.590. The molecule has 1 amide bonds. The summed E-state index contributed by atoms with van der Waals surface area (Å²) in [4.78, 5) is 25.9. The van der Waals surface area contributed by atoms with E-state index < -0.39 is 5.54 Å². The normalized spacial score (nSPS) is 19.6. The van der Waals surface area contributed by atoms with E-state index in [4.69, 9.17) is 11.2 Å². The maximum atomic E-state index is 12.3. The van der Waals surface area contributed by atoms with Crippen LogP contribution in [0.4, 0.5) is 0 Å². The molecule has 21 heavy (non-hydrogen) atoms. The second-order valence-electron chi connectivity index (χ2n) is 5.49. The van der Waals surface area contributed by atoms with Crippen LogP contribution in [0.3, 0.4) is 0 Å². The Morgan fingerprint density at radius 3 is 2.57 bits per heavy atom. The third-order valence-corrected chi connectivity index (χ3v) is 4.30. The second kappa shape index (κ2) is 8.04. The highest BCUT2D eigenvalue weighted by atomic mass is 16.5. The minimum Gasteiger partial charge on any atom is -0.468 e. The van der Waals surface area contributed by atoms with E-state index in [1.807, 2.05) is 18.7 Å². The zero-order chi connectivity index (χ0) is 15.9. The number of piperidine rings is 1. The molecule has 5 nitrogen and oxygen atoms in total. The Labute approximate surface area is 127 Å². The number of hydrogen-bond donors (Lipinski definition) is 1. The predicted molar refractivity (Wildman–Crippen MR) is 81.5 cm³/mol. The molecular weight excluding hydrogens is 268 g/mol. The number of nitrogens with zero attached hydrogens (tertiary/aromatic N) is 1. The fourth-order valence-corrected chi connectivity index (χ4v) is 2.74. The lowest BCUT2D eigenvalue weighted by Gasteiger charge is -2.34. The molecule has 0 aromatic heterocycles. The molecule has 0 saturated carbocycles. The number of esters is 1. The Morgan fingerprint density at radius 2 is 2.05 bits per heavy atom. The average molecular weight is 294 g/mol. The molecule has 1 rings (SSSR count). The summed E-state index contributed by atoms with van der Waals surface area (Å²) < 4.78 is 4.82. The third-order valence-electron chi connectivity index (χ3n) is 4.30. The van der Waals surface area contributed by atoms with Crippen molar-refractivity contribution in [3.8, 4) is 12.3 Å². The quantitative estimate of drug-likeness (QED) is 0.593. The summed E-state index contributed by atoms with van der Waals surface area (Å²) in [6, 6.07) is -0.321. The molecule has 0 unspecified atom stereocenters. The lowest BCUT2D eigenvalue weighted by atomic mass is 9.94. The van der Waals surface area contributed by atoms with Gasteiger partial charge in [-0.3, -0.25) is 14.5 Å². The summed E-state index contributed by atoms with van der Waals surface area (Å²) in [7, 11) is 1.38. The molecule has 1 heterocycles. The van der Waals surface area contributed by atoms with Crippen molar-refractivity contribution < 1.29 is 14.3 Å². The van der Waals surface area contributed by atoms with Crippen molar-refractivity contribution in [2.45, 2.75) is 57.5 Å². The van der Waals surface area contributed by atoms with Gasteiger partial charge in [-0.2, -0.15) is 0 Å². The molecule has 5 heteroatoms. The van der Waals surface area contributed by atoms with Gasteiger partial charge in [0.25, 0.3) is 0 Å². The van der Waals surface area contributed by atoms with Gasteiger partial charge in [0.2, 0.25) is 5.91 Å². The first-order valence-electron chi connectivity index (χ1n) is 7.62. The van der Waals surface area contributed by atoms with Crippen LogP contribution in [0.25, 0.3) is 0 Å². The Morgan fingerprint density at radius 1 is 1.38 bits per heavy atom. The number of methoxy groups -OCH3 is 1. The van der Waals surface area contributed by atoms with E-state index in [9.17, 15) is 9.59 Å². The highest BCUT2D eigenvalue weighted by Gasteiger charge is 2.32. The summed E-state index contributed by atoms with van der Waals surface area (Å²) in [6.45, 7) is 4.83. The molecule has 1 aliphatic rings. The fraction of sp³-hybridized carbons (Fsp3) is 0.750. The fourth-order valence-electron chi connectivity index (χ4n) is 2.74. The van der Waals surface area contributed by atoms with Crippen molar-refractivity contribution in [1.29, 1.82) is 0 Å². The molecule has 0 aromatic rings. The topological polar surface area (TPSA) is 58.6 Å². The zero-order valence-corrected chi connectivity index (χ0v) is 13.3. The number of likely N-dealkylation sites (tertiary alicyclic amines) is 1. The monoisotopic (exact) mass is 294 g/mol. The van der Waals surface area contributed by atoms with Crippen LogP contribution in [0, 0.1) is 12.3 Å². The van der Waals surface area contributed by atoms with Crippen molar-refractivity contribution in [1.82, 2.24) is 10.2 Å². The smallest absolute Gasteiger partial charge is 0.323 e. The summed E-state index contributed by atoms with van der Waals surface area (Å²) >= 11 is 0. The number of rotatable bonds is 6. The highest BCUT2D eigenvalue weighted by Crippen LogP contribution is 2.18. The van der Waals surface area contributed by atoms with Gasteiger partial charge in [0, 0.05) is 0 Å². The number of carbonyl (C=O) groups excluding carboxylic acids is 2. The molecule has 0 spiro atoms. The average Bonchev–Trinajstić information content (AvgIpc) is 2.52. The third kappa shape index (κ3) is 4.47. The van der Waals surface area contributed by atoms with Crippen LogP contribution in [-0.4, -0.2) is 48.6 Å². The van der Waals surface area contributed by atoms with Crippen LogP contribution in [-0.2, 0) is 14.3 Å². The predicted octanol–water partition coefficient (Wildman–Crippen LogP) is 1.32. The Balaban J connectivity index is 2.68. The first-order chi connectivity index (χ1) is 10.0. The first-order valence-corrected chi connectivity index (χ1v) is 7.62. The minimum absolute atomic E-state index is 0.132. The summed E-state index contributed by atoms with van der Waals surface area (Å²) in [6.07, 6.45) is 9.64. The Hall–Kier alpha value is -1.54. The molecule has 0 aromatic carbocycles. The van der Waals surface area contributed by atoms with Crippen molar-refractivity contribution in [3.63, 3.8) is 0 Å². The molecule has 1 fully saturated rings. The van der Waals surface area contributed by atoms with Crippen LogP contribution in [0.1, 0.15) is 46.0 Å². The van der Waals surface area contributed by atoms with E-state index in [1.165, 1.54) is 7.11 Å². The number of amides is 1. The second-order valence-corrected chi connectivity index (χ2v) is 5.49. The Kier molecular flexibility index (Phi) is 6.70. The zero-order valence-electron chi connectivity index (χ0n) is 13.3. The van der Waals surface area contributed by atoms with Gasteiger partial charge in [0.05, 0.1) is 13.7 Å². The minimum atomic E-state index is -0.590. The van der Waals surface area contributed by atoms with Crippen LogP contribution in [0.15, 0.2) is 0 Å². The van der Waals surface area contributed by atoms with Crippen LogP contribution < -0.4 is 5.32 Å². The maximum Gasteiger partial charge on any atom is 0.323 e. The molecule has 0 radical (unpaired) electrons. The van der Waals surface area contributed by atoms with Crippen LogP contribution in [0.5, 0.6) is 0 Å². The standard InChI is InChI=1S/C16H26N2O3/c1-5-16(6-2,7-3)17-14(19)12-18-11-9-8-10-13(18)15(20)21-4/h1,13H,6-12H2,2-4H3,(H,17,19)/t13-/m1/s1. The maximum absolute atomic E-state index is 12.3. The molecule has 1 saturated heterocycles. The lowest BCUT2D eigenvalue weighted by Crippen LogP contribution is -2.53. The van der Waals surface area contributed by atoms with Crippen molar-refractivity contribution in [2.24, 2.45) is 0 Å². The first kappa shape index (κ1) is 17.5. The van der Waals surface area contributed by atoms with E-state index in [1.54, 1.807) is 0 Å². The van der Waals surface area contributed by atoms with Gasteiger partial charge >= 0.3 is 5.97 Å². The van der Waals surface area contributed by atoms with E-state index in [2.05, 4.69) is 11.2 Å². The van der Waals surface area contributed by atoms with E-state index in [0.717, 1.165) is 25.8 Å². The SMILES string of the molecule is C#CC(CC)(CC)NC(=O)CN1CCCC[C@@H]1C(=O)OC. The van der Waals surface area contributed by atoms with Crippen LogP contribution >= 0.6 is 0 Å². The number of nitrogens with one attached hydrogen (secondary N) is 1. The number of hydrogen-bond acceptors (Lipinski definition) is 4. The molecular formula is C16H26N2O3. The van der Waals surface area contributed by atoms with Crippen LogP contribution in [0.2, 0.25) is 0 Å². The molecule has 118 valence electrons. The number of terminal acetylenes is 1. The largest absolute Gasteiger partial charge is 0.468 e. The number of carbonyl (C=O) groups is 2. The van der Waals surface area contributed by atoms with Gasteiger partial charge < -0.3 is 10.1 Å². The van der Waals surface area contributed by atoms with Crippen molar-refractivity contribution in [3.05, 3.63) is 0 Å².